The third kappa shape index (κ3) is 3.80. The Balaban J connectivity index is 1.54. The SMILES string of the molecule is COC(=O)c1ccc(C2Oc3ccc(Br)cc3C3CC(c4ccc(SC)cc4)=NN32)cc1. The van der Waals surface area contributed by atoms with Gasteiger partial charge in [0.05, 0.1) is 24.4 Å². The van der Waals surface area contributed by atoms with Gasteiger partial charge >= 0.3 is 5.97 Å². The lowest BCUT2D eigenvalue weighted by atomic mass is 9.96. The third-order valence-electron chi connectivity index (χ3n) is 5.79. The molecule has 3 aromatic rings. The molecular formula is C25H21BrN2O3S. The van der Waals surface area contributed by atoms with Crippen LogP contribution in [0.5, 0.6) is 5.75 Å². The molecule has 2 atom stereocenters. The molecule has 0 amide bonds. The van der Waals surface area contributed by atoms with Crippen LogP contribution in [0.15, 0.2) is 81.2 Å². The second kappa shape index (κ2) is 8.64. The van der Waals surface area contributed by atoms with Gasteiger partial charge in [0.25, 0.3) is 0 Å². The molecule has 162 valence electrons. The molecule has 2 aliphatic rings. The first kappa shape index (κ1) is 21.1. The fourth-order valence-corrected chi connectivity index (χ4v) is 4.92. The van der Waals surface area contributed by atoms with E-state index in [1.165, 1.54) is 12.0 Å². The first-order chi connectivity index (χ1) is 15.6. The van der Waals surface area contributed by atoms with Crippen LogP contribution >= 0.6 is 27.7 Å². The van der Waals surface area contributed by atoms with Crippen molar-refractivity contribution in [1.29, 1.82) is 0 Å². The van der Waals surface area contributed by atoms with E-state index < -0.39 is 0 Å². The van der Waals surface area contributed by atoms with Gasteiger partial charge in [-0.2, -0.15) is 5.10 Å². The van der Waals surface area contributed by atoms with E-state index in [9.17, 15) is 4.79 Å². The number of hydrogen-bond donors (Lipinski definition) is 0. The van der Waals surface area contributed by atoms with Crippen molar-refractivity contribution in [3.05, 3.63) is 93.5 Å². The molecule has 0 fully saturated rings. The summed E-state index contributed by atoms with van der Waals surface area (Å²) < 4.78 is 12.2. The van der Waals surface area contributed by atoms with Gasteiger partial charge in [0, 0.05) is 26.9 Å². The van der Waals surface area contributed by atoms with Crippen LogP contribution in [0.3, 0.4) is 0 Å². The minimum Gasteiger partial charge on any atom is -0.465 e. The molecule has 0 saturated heterocycles. The van der Waals surface area contributed by atoms with E-state index in [1.54, 1.807) is 23.9 Å². The standard InChI is InChI=1S/C25H21BrN2O3S/c1-30-25(29)17-5-3-16(4-6-17)24-28-22(20-13-18(26)9-12-23(20)31-24)14-21(27-28)15-7-10-19(32-2)11-8-15/h3-13,22,24H,14H2,1-2H3. The number of esters is 1. The van der Waals surface area contributed by atoms with Gasteiger partial charge in [0.2, 0.25) is 6.23 Å². The topological polar surface area (TPSA) is 51.1 Å². The maximum Gasteiger partial charge on any atom is 0.337 e. The van der Waals surface area contributed by atoms with Gasteiger partial charge in [-0.05, 0) is 54.3 Å². The summed E-state index contributed by atoms with van der Waals surface area (Å²) in [4.78, 5) is 13.1. The highest BCUT2D eigenvalue weighted by molar-refractivity contribution is 9.10. The van der Waals surface area contributed by atoms with E-state index in [4.69, 9.17) is 14.6 Å². The highest BCUT2D eigenvalue weighted by atomic mass is 79.9. The Morgan fingerprint density at radius 1 is 1.12 bits per heavy atom. The molecule has 0 spiro atoms. The second-order valence-corrected chi connectivity index (χ2v) is 9.44. The molecule has 0 N–H and O–H groups in total. The van der Waals surface area contributed by atoms with Crippen molar-refractivity contribution in [2.24, 2.45) is 5.10 Å². The molecule has 0 aliphatic carbocycles. The first-order valence-corrected chi connectivity index (χ1v) is 12.2. The molecule has 32 heavy (non-hydrogen) atoms. The zero-order valence-electron chi connectivity index (χ0n) is 17.6. The third-order valence-corrected chi connectivity index (χ3v) is 7.03. The Morgan fingerprint density at radius 2 is 1.88 bits per heavy atom. The number of rotatable bonds is 4. The monoisotopic (exact) mass is 508 g/mol. The van der Waals surface area contributed by atoms with Crippen LogP contribution < -0.4 is 4.74 Å². The Labute approximate surface area is 199 Å². The van der Waals surface area contributed by atoms with Crippen LogP contribution in [0.1, 0.15) is 45.7 Å². The van der Waals surface area contributed by atoms with E-state index in [0.717, 1.165) is 39.0 Å². The number of hydrazone groups is 1. The number of thioether (sulfide) groups is 1. The van der Waals surface area contributed by atoms with Crippen molar-refractivity contribution >= 4 is 39.4 Å². The van der Waals surface area contributed by atoms with Crippen LogP contribution in [0, 0.1) is 0 Å². The summed E-state index contributed by atoms with van der Waals surface area (Å²) in [6.45, 7) is 0. The predicted octanol–water partition coefficient (Wildman–Crippen LogP) is 6.20. The van der Waals surface area contributed by atoms with Gasteiger partial charge in [-0.3, -0.25) is 0 Å². The minimum atomic E-state index is -0.386. The smallest absolute Gasteiger partial charge is 0.337 e. The van der Waals surface area contributed by atoms with Crippen molar-refractivity contribution in [2.75, 3.05) is 13.4 Å². The van der Waals surface area contributed by atoms with Crippen LogP contribution in [0.2, 0.25) is 0 Å². The van der Waals surface area contributed by atoms with Crippen molar-refractivity contribution in [1.82, 2.24) is 5.01 Å². The summed E-state index contributed by atoms with van der Waals surface area (Å²) in [7, 11) is 1.38. The predicted molar refractivity (Wildman–Crippen MR) is 129 cm³/mol. The highest BCUT2D eigenvalue weighted by Crippen LogP contribution is 2.48. The summed E-state index contributed by atoms with van der Waals surface area (Å²) >= 11 is 5.32. The lowest BCUT2D eigenvalue weighted by Crippen LogP contribution is -2.33. The maximum atomic E-state index is 11.8. The number of carbonyl (C=O) groups is 1. The molecule has 5 nitrogen and oxygen atoms in total. The molecule has 0 radical (unpaired) electrons. The average Bonchev–Trinajstić information content (AvgIpc) is 3.29. The quantitative estimate of drug-likeness (QED) is 0.310. The van der Waals surface area contributed by atoms with Crippen LogP contribution in [0.25, 0.3) is 0 Å². The summed E-state index contributed by atoms with van der Waals surface area (Å²) in [6, 6.07) is 22.0. The van der Waals surface area contributed by atoms with Crippen LogP contribution in [-0.2, 0) is 4.74 Å². The van der Waals surface area contributed by atoms with Crippen LogP contribution in [-0.4, -0.2) is 30.1 Å². The van der Waals surface area contributed by atoms with E-state index in [-0.39, 0.29) is 18.2 Å². The van der Waals surface area contributed by atoms with Gasteiger partial charge in [-0.15, -0.1) is 11.8 Å². The fourth-order valence-electron chi connectivity index (χ4n) is 4.14. The number of carbonyl (C=O) groups excluding carboxylic acids is 1. The Bertz CT molecular complexity index is 1190. The van der Waals surface area contributed by atoms with Gasteiger partial charge in [-0.1, -0.05) is 40.2 Å². The molecule has 2 unspecified atom stereocenters. The fraction of sp³-hybridized carbons (Fsp3) is 0.200. The maximum absolute atomic E-state index is 11.8. The minimum absolute atomic E-state index is 0.0664. The van der Waals surface area contributed by atoms with Gasteiger partial charge in [-0.25, -0.2) is 9.80 Å². The number of fused-ring (bicyclic) bond motifs is 3. The molecule has 0 saturated carbocycles. The summed E-state index contributed by atoms with van der Waals surface area (Å²) in [5, 5.41) is 7.05. The first-order valence-electron chi connectivity index (χ1n) is 10.2. The summed E-state index contributed by atoms with van der Waals surface area (Å²) in [5.74, 6) is 0.495. The summed E-state index contributed by atoms with van der Waals surface area (Å²) in [6.07, 6.45) is 2.48. The lowest BCUT2D eigenvalue weighted by Gasteiger charge is -2.38. The second-order valence-electron chi connectivity index (χ2n) is 7.64. The zero-order valence-corrected chi connectivity index (χ0v) is 20.0. The van der Waals surface area contributed by atoms with Gasteiger partial charge < -0.3 is 9.47 Å². The number of ether oxygens (including phenoxy) is 2. The molecule has 5 rings (SSSR count). The number of nitrogens with zero attached hydrogens (tertiary/aromatic N) is 2. The number of halogens is 1. The van der Waals surface area contributed by atoms with Crippen molar-refractivity contribution in [2.45, 2.75) is 23.6 Å². The number of benzene rings is 3. The largest absolute Gasteiger partial charge is 0.465 e. The Hall–Kier alpha value is -2.77. The van der Waals surface area contributed by atoms with Crippen LogP contribution in [0.4, 0.5) is 0 Å². The van der Waals surface area contributed by atoms with E-state index in [0.29, 0.717) is 5.56 Å². The molecule has 0 aromatic heterocycles. The molecule has 0 bridgehead atoms. The van der Waals surface area contributed by atoms with E-state index in [2.05, 4.69) is 52.5 Å². The normalized spacial score (nSPS) is 19.0. The Morgan fingerprint density at radius 3 is 2.56 bits per heavy atom. The lowest BCUT2D eigenvalue weighted by molar-refractivity contribution is -0.0191. The van der Waals surface area contributed by atoms with Gasteiger partial charge in [0.15, 0.2) is 0 Å². The molecule has 2 heterocycles. The Kier molecular flexibility index (Phi) is 5.69. The summed E-state index contributed by atoms with van der Waals surface area (Å²) in [5.41, 5.74) is 4.71. The molecule has 3 aromatic carbocycles. The highest BCUT2D eigenvalue weighted by Gasteiger charge is 2.41. The van der Waals surface area contributed by atoms with Gasteiger partial charge in [0.1, 0.15) is 5.75 Å². The van der Waals surface area contributed by atoms with E-state index in [1.807, 2.05) is 29.3 Å². The molecular weight excluding hydrogens is 488 g/mol. The molecule has 2 aliphatic heterocycles. The van der Waals surface area contributed by atoms with Crippen molar-refractivity contribution in [3.63, 3.8) is 0 Å². The molecule has 7 heteroatoms. The number of methoxy groups -OCH3 is 1. The van der Waals surface area contributed by atoms with Crippen molar-refractivity contribution in [3.8, 4) is 5.75 Å². The average molecular weight is 509 g/mol. The van der Waals surface area contributed by atoms with Crippen molar-refractivity contribution < 1.29 is 14.3 Å². The van der Waals surface area contributed by atoms with E-state index >= 15 is 0 Å². The number of hydrogen-bond acceptors (Lipinski definition) is 6. The zero-order chi connectivity index (χ0) is 22.2.